The number of aromatic nitrogens is 4. The fraction of sp³-hybridized carbons (Fsp3) is 0.0217. The molecule has 51 heavy (non-hydrogen) atoms. The lowest BCUT2D eigenvalue weighted by molar-refractivity contribution is 0.669. The lowest BCUT2D eigenvalue weighted by atomic mass is 9.98. The molecule has 1 N–H and O–H groups in total. The highest BCUT2D eigenvalue weighted by molar-refractivity contribution is 6.13. The highest BCUT2D eigenvalue weighted by Crippen LogP contribution is 2.39. The van der Waals surface area contributed by atoms with Gasteiger partial charge in [-0.25, -0.2) is 15.0 Å². The van der Waals surface area contributed by atoms with E-state index < -0.39 is 0 Å². The Balaban J connectivity index is 1.13. The second-order valence-electron chi connectivity index (χ2n) is 13.0. The first-order chi connectivity index (χ1) is 25.1. The number of H-pyrrole nitrogens is 1. The van der Waals surface area contributed by atoms with Gasteiger partial charge in [-0.05, 0) is 71.6 Å². The molecule has 7 aromatic carbocycles. The Kier molecular flexibility index (Phi) is 6.64. The van der Waals surface area contributed by atoms with Gasteiger partial charge in [0.2, 0.25) is 0 Å². The summed E-state index contributed by atoms with van der Waals surface area (Å²) in [5.41, 5.74) is 12.5. The van der Waals surface area contributed by atoms with Gasteiger partial charge in [-0.3, -0.25) is 0 Å². The number of furan rings is 1. The topological polar surface area (TPSA) is 67.6 Å². The first-order valence-electron chi connectivity index (χ1n) is 17.1. The Morgan fingerprint density at radius 2 is 0.941 bits per heavy atom. The lowest BCUT2D eigenvalue weighted by Crippen LogP contribution is -2.00. The maximum Gasteiger partial charge on any atom is 0.164 e. The molecule has 0 spiro atoms. The van der Waals surface area contributed by atoms with Gasteiger partial charge < -0.3 is 9.40 Å². The van der Waals surface area contributed by atoms with Gasteiger partial charge in [0.25, 0.3) is 0 Å². The van der Waals surface area contributed by atoms with E-state index in [1.807, 2.05) is 72.8 Å². The van der Waals surface area contributed by atoms with Crippen LogP contribution in [0.5, 0.6) is 0 Å². The quantitative estimate of drug-likeness (QED) is 0.201. The van der Waals surface area contributed by atoms with Crippen LogP contribution in [0.3, 0.4) is 0 Å². The van der Waals surface area contributed by atoms with Crippen molar-refractivity contribution in [1.29, 1.82) is 0 Å². The van der Waals surface area contributed by atoms with Gasteiger partial charge in [-0.1, -0.05) is 121 Å². The zero-order chi connectivity index (χ0) is 33.9. The van der Waals surface area contributed by atoms with Crippen LogP contribution in [0.1, 0.15) is 5.56 Å². The summed E-state index contributed by atoms with van der Waals surface area (Å²) < 4.78 is 6.44. The molecule has 0 saturated heterocycles. The van der Waals surface area contributed by atoms with Gasteiger partial charge in [-0.15, -0.1) is 0 Å². The van der Waals surface area contributed by atoms with E-state index in [0.29, 0.717) is 17.5 Å². The van der Waals surface area contributed by atoms with Crippen molar-refractivity contribution in [3.05, 3.63) is 163 Å². The maximum atomic E-state index is 6.44. The fourth-order valence-electron chi connectivity index (χ4n) is 7.12. The average Bonchev–Trinajstić information content (AvgIpc) is 3.76. The van der Waals surface area contributed by atoms with Crippen molar-refractivity contribution in [1.82, 2.24) is 19.9 Å². The molecular formula is C46H30N4O. The predicted octanol–water partition coefficient (Wildman–Crippen LogP) is 12.0. The number of nitrogens with zero attached hydrogens (tertiary/aromatic N) is 3. The number of nitrogens with one attached hydrogen (secondary N) is 1. The lowest BCUT2D eigenvalue weighted by Gasteiger charge is -2.09. The van der Waals surface area contributed by atoms with Crippen molar-refractivity contribution >= 4 is 43.7 Å². The Morgan fingerprint density at radius 3 is 1.57 bits per heavy atom. The van der Waals surface area contributed by atoms with E-state index in [0.717, 1.165) is 60.8 Å². The molecule has 3 heterocycles. The van der Waals surface area contributed by atoms with Crippen molar-refractivity contribution in [2.45, 2.75) is 6.92 Å². The first kappa shape index (κ1) is 29.1. The minimum atomic E-state index is 0.603. The predicted molar refractivity (Wildman–Crippen MR) is 208 cm³/mol. The summed E-state index contributed by atoms with van der Waals surface area (Å²) in [6.45, 7) is 2.12. The van der Waals surface area contributed by atoms with E-state index in [4.69, 9.17) is 19.4 Å². The molecule has 0 aliphatic carbocycles. The van der Waals surface area contributed by atoms with Crippen molar-refractivity contribution in [3.63, 3.8) is 0 Å². The molecule has 0 bridgehead atoms. The molecular weight excluding hydrogens is 625 g/mol. The number of hydrogen-bond acceptors (Lipinski definition) is 4. The largest absolute Gasteiger partial charge is 0.456 e. The number of benzene rings is 7. The summed E-state index contributed by atoms with van der Waals surface area (Å²) in [4.78, 5) is 18.6. The Morgan fingerprint density at radius 1 is 0.412 bits per heavy atom. The molecule has 5 nitrogen and oxygen atoms in total. The highest BCUT2D eigenvalue weighted by Gasteiger charge is 2.18. The van der Waals surface area contributed by atoms with Gasteiger partial charge in [0.1, 0.15) is 11.2 Å². The van der Waals surface area contributed by atoms with Crippen LogP contribution in [0.15, 0.2) is 162 Å². The zero-order valence-corrected chi connectivity index (χ0v) is 27.8. The summed E-state index contributed by atoms with van der Waals surface area (Å²) in [6.07, 6.45) is 0. The van der Waals surface area contributed by atoms with Gasteiger partial charge in [0, 0.05) is 49.3 Å². The fourth-order valence-corrected chi connectivity index (χ4v) is 7.12. The number of aromatic amines is 1. The van der Waals surface area contributed by atoms with Crippen molar-refractivity contribution in [2.75, 3.05) is 0 Å². The molecule has 10 aromatic rings. The molecule has 0 fully saturated rings. The molecule has 0 aliphatic rings. The van der Waals surface area contributed by atoms with Gasteiger partial charge in [0.05, 0.1) is 0 Å². The third-order valence-electron chi connectivity index (χ3n) is 9.75. The summed E-state index contributed by atoms with van der Waals surface area (Å²) in [5, 5.41) is 4.40. The van der Waals surface area contributed by atoms with Crippen LogP contribution in [0.4, 0.5) is 0 Å². The smallest absolute Gasteiger partial charge is 0.164 e. The average molecular weight is 655 g/mol. The Bertz CT molecular complexity index is 2850. The van der Waals surface area contributed by atoms with Crippen LogP contribution in [0.25, 0.3) is 100 Å². The molecule has 240 valence electrons. The van der Waals surface area contributed by atoms with E-state index in [1.54, 1.807) is 0 Å². The van der Waals surface area contributed by atoms with Crippen LogP contribution in [0.2, 0.25) is 0 Å². The molecule has 0 unspecified atom stereocenters. The van der Waals surface area contributed by atoms with E-state index in [-0.39, 0.29) is 0 Å². The Labute approximate surface area is 293 Å². The molecule has 10 rings (SSSR count). The normalized spacial score (nSPS) is 11.6. The van der Waals surface area contributed by atoms with Crippen LogP contribution in [-0.4, -0.2) is 19.9 Å². The third-order valence-corrected chi connectivity index (χ3v) is 9.75. The molecule has 3 aromatic heterocycles. The van der Waals surface area contributed by atoms with Crippen LogP contribution in [0, 0.1) is 6.92 Å². The van der Waals surface area contributed by atoms with E-state index in [2.05, 4.69) is 96.8 Å². The van der Waals surface area contributed by atoms with E-state index >= 15 is 0 Å². The van der Waals surface area contributed by atoms with Crippen molar-refractivity contribution in [2.24, 2.45) is 0 Å². The minimum absolute atomic E-state index is 0.603. The van der Waals surface area contributed by atoms with E-state index in [9.17, 15) is 0 Å². The Hall–Kier alpha value is -6.85. The first-order valence-corrected chi connectivity index (χ1v) is 17.1. The van der Waals surface area contributed by atoms with Gasteiger partial charge in [0.15, 0.2) is 17.5 Å². The molecule has 0 saturated carbocycles. The van der Waals surface area contributed by atoms with Crippen LogP contribution < -0.4 is 0 Å². The third kappa shape index (κ3) is 5.06. The maximum absolute atomic E-state index is 6.44. The summed E-state index contributed by atoms with van der Waals surface area (Å²) in [5.74, 6) is 1.86. The van der Waals surface area contributed by atoms with Crippen molar-refractivity contribution < 1.29 is 4.42 Å². The highest BCUT2D eigenvalue weighted by atomic mass is 16.3. The molecule has 5 heteroatoms. The monoisotopic (exact) mass is 654 g/mol. The van der Waals surface area contributed by atoms with Gasteiger partial charge >= 0.3 is 0 Å². The number of fused-ring (bicyclic) bond motifs is 6. The summed E-state index contributed by atoms with van der Waals surface area (Å²) >= 11 is 0. The number of hydrogen-bond donors (Lipinski definition) is 1. The zero-order valence-electron chi connectivity index (χ0n) is 27.8. The second kappa shape index (κ2) is 11.6. The minimum Gasteiger partial charge on any atom is -0.456 e. The molecule has 0 amide bonds. The standard InChI is InChI=1S/C46H30N4O/c1-28-15-17-29(18-16-28)32-19-22-39-36(25-32)37-26-33(20-23-40(37)47-39)34-21-24-41-38(27-34)43-35(13-8-14-42(43)51-41)46-49-44(30-9-4-2-5-10-30)48-45(50-46)31-11-6-3-7-12-31/h2-27,47H,1H3. The van der Waals surface area contributed by atoms with Crippen LogP contribution >= 0.6 is 0 Å². The van der Waals surface area contributed by atoms with E-state index in [1.165, 1.54) is 27.5 Å². The van der Waals surface area contributed by atoms with Gasteiger partial charge in [-0.2, -0.15) is 0 Å². The summed E-state index contributed by atoms with van der Waals surface area (Å²) in [6, 6.07) is 54.7. The van der Waals surface area contributed by atoms with Crippen LogP contribution in [-0.2, 0) is 0 Å². The number of aryl methyl sites for hydroxylation is 1. The molecule has 0 radical (unpaired) electrons. The molecule has 0 atom stereocenters. The second-order valence-corrected chi connectivity index (χ2v) is 13.0. The molecule has 0 aliphatic heterocycles. The number of rotatable bonds is 5. The summed E-state index contributed by atoms with van der Waals surface area (Å²) in [7, 11) is 0. The SMILES string of the molecule is Cc1ccc(-c2ccc3[nH]c4ccc(-c5ccc6oc7cccc(-c8nc(-c9ccccc9)nc(-c9ccccc9)n8)c7c6c5)cc4c3c2)cc1. The van der Waals surface area contributed by atoms with Crippen molar-refractivity contribution in [3.8, 4) is 56.4 Å².